The van der Waals surface area contributed by atoms with Crippen LogP contribution in [0.3, 0.4) is 0 Å². The van der Waals surface area contributed by atoms with Crippen molar-refractivity contribution < 1.29 is 4.74 Å². The van der Waals surface area contributed by atoms with E-state index >= 15 is 0 Å². The first-order valence-electron chi connectivity index (χ1n) is 6.64. The van der Waals surface area contributed by atoms with Crippen molar-refractivity contribution in [1.82, 2.24) is 9.97 Å². The lowest BCUT2D eigenvalue weighted by molar-refractivity contribution is 0.122. The van der Waals surface area contributed by atoms with E-state index in [4.69, 9.17) is 4.74 Å². The summed E-state index contributed by atoms with van der Waals surface area (Å²) in [5, 5.41) is 0. The number of aromatic nitrogens is 2. The molecule has 2 heterocycles. The number of morpholine rings is 1. The molecule has 4 nitrogen and oxygen atoms in total. The van der Waals surface area contributed by atoms with Crippen LogP contribution < -0.4 is 4.90 Å². The molecule has 1 aliphatic rings. The summed E-state index contributed by atoms with van der Waals surface area (Å²) in [6, 6.07) is 2.02. The van der Waals surface area contributed by atoms with Gasteiger partial charge in [0.2, 0.25) is 5.95 Å². The van der Waals surface area contributed by atoms with E-state index < -0.39 is 0 Å². The van der Waals surface area contributed by atoms with Crippen molar-refractivity contribution in [3.05, 3.63) is 23.5 Å². The topological polar surface area (TPSA) is 38.2 Å². The van der Waals surface area contributed by atoms with Gasteiger partial charge in [-0.15, -0.1) is 0 Å². The Bertz CT molecular complexity index is 412. The summed E-state index contributed by atoms with van der Waals surface area (Å²) in [5.74, 6) is 0.828. The van der Waals surface area contributed by atoms with Crippen LogP contribution in [0, 0.1) is 6.92 Å². The lowest BCUT2D eigenvalue weighted by atomic mass is 10.2. The van der Waals surface area contributed by atoms with Crippen LogP contribution in [0.15, 0.2) is 12.1 Å². The molecule has 4 heteroatoms. The molecule has 1 aromatic heterocycles. The van der Waals surface area contributed by atoms with Gasteiger partial charge in [-0.3, -0.25) is 0 Å². The number of aryl methyl sites for hydroxylation is 1. The molecule has 0 aliphatic carbocycles. The first kappa shape index (κ1) is 13.0. The Morgan fingerprint density at radius 3 is 2.83 bits per heavy atom. The summed E-state index contributed by atoms with van der Waals surface area (Å²) in [5.41, 5.74) is 2.01. The molecule has 0 aromatic carbocycles. The van der Waals surface area contributed by atoms with E-state index in [0.717, 1.165) is 56.5 Å². The van der Waals surface area contributed by atoms with Gasteiger partial charge < -0.3 is 9.64 Å². The zero-order valence-electron chi connectivity index (χ0n) is 11.2. The van der Waals surface area contributed by atoms with Gasteiger partial charge in [0.25, 0.3) is 0 Å². The number of ether oxygens (including phenoxy) is 1. The van der Waals surface area contributed by atoms with Gasteiger partial charge >= 0.3 is 0 Å². The summed E-state index contributed by atoms with van der Waals surface area (Å²) in [7, 11) is 0. The van der Waals surface area contributed by atoms with Gasteiger partial charge in [-0.05, 0) is 25.5 Å². The third kappa shape index (κ3) is 3.53. The molecule has 18 heavy (non-hydrogen) atoms. The highest BCUT2D eigenvalue weighted by molar-refractivity contribution is 5.48. The van der Waals surface area contributed by atoms with E-state index in [9.17, 15) is 0 Å². The second-order valence-electron chi connectivity index (χ2n) is 4.52. The average Bonchev–Trinajstić information content (AvgIpc) is 2.39. The van der Waals surface area contributed by atoms with E-state index in [-0.39, 0.29) is 0 Å². The maximum Gasteiger partial charge on any atom is 0.226 e. The number of nitrogens with zero attached hydrogens (tertiary/aromatic N) is 3. The first-order valence-corrected chi connectivity index (χ1v) is 6.64. The largest absolute Gasteiger partial charge is 0.378 e. The van der Waals surface area contributed by atoms with Crippen LogP contribution in [0.4, 0.5) is 5.95 Å². The monoisotopic (exact) mass is 247 g/mol. The average molecular weight is 247 g/mol. The Morgan fingerprint density at radius 2 is 2.11 bits per heavy atom. The number of unbranched alkanes of at least 4 members (excludes halogenated alkanes) is 1. The third-order valence-electron chi connectivity index (χ3n) is 2.90. The highest BCUT2D eigenvalue weighted by Gasteiger charge is 2.14. The highest BCUT2D eigenvalue weighted by Crippen LogP contribution is 2.13. The molecule has 1 aliphatic heterocycles. The van der Waals surface area contributed by atoms with Gasteiger partial charge in [-0.1, -0.05) is 19.4 Å². The summed E-state index contributed by atoms with van der Waals surface area (Å²) in [4.78, 5) is 11.3. The molecule has 0 spiro atoms. The van der Waals surface area contributed by atoms with Gasteiger partial charge in [0.05, 0.1) is 18.9 Å². The van der Waals surface area contributed by atoms with Crippen LogP contribution in [0.5, 0.6) is 0 Å². The molecule has 0 N–H and O–H groups in total. The van der Waals surface area contributed by atoms with Gasteiger partial charge in [0, 0.05) is 18.8 Å². The van der Waals surface area contributed by atoms with Crippen LogP contribution >= 0.6 is 0 Å². The molecule has 2 rings (SSSR count). The van der Waals surface area contributed by atoms with Crippen LogP contribution in [0.2, 0.25) is 0 Å². The summed E-state index contributed by atoms with van der Waals surface area (Å²) in [6.07, 6.45) is 6.51. The van der Waals surface area contributed by atoms with E-state index in [2.05, 4.69) is 33.9 Å². The van der Waals surface area contributed by atoms with E-state index in [1.165, 1.54) is 0 Å². The van der Waals surface area contributed by atoms with Crippen molar-refractivity contribution in [3.63, 3.8) is 0 Å². The van der Waals surface area contributed by atoms with E-state index in [0.29, 0.717) is 0 Å². The normalized spacial score (nSPS) is 16.4. The minimum atomic E-state index is 0.762. The Kier molecular flexibility index (Phi) is 4.70. The van der Waals surface area contributed by atoms with Crippen LogP contribution in [0.1, 0.15) is 31.2 Å². The van der Waals surface area contributed by atoms with Gasteiger partial charge in [-0.25, -0.2) is 9.97 Å². The molecule has 0 unspecified atom stereocenters. The lowest BCUT2D eigenvalue weighted by Crippen LogP contribution is -2.37. The minimum absolute atomic E-state index is 0.762. The quantitative estimate of drug-likeness (QED) is 0.819. The zero-order valence-corrected chi connectivity index (χ0v) is 11.2. The number of allylic oxidation sites excluding steroid dienone is 1. The fourth-order valence-corrected chi connectivity index (χ4v) is 1.94. The van der Waals surface area contributed by atoms with Gasteiger partial charge in [0.15, 0.2) is 0 Å². The first-order chi connectivity index (χ1) is 8.79. The van der Waals surface area contributed by atoms with E-state index in [1.807, 2.05) is 13.0 Å². The van der Waals surface area contributed by atoms with Crippen LogP contribution in [-0.4, -0.2) is 36.3 Å². The van der Waals surface area contributed by atoms with Crippen molar-refractivity contribution >= 4 is 12.0 Å². The zero-order chi connectivity index (χ0) is 12.8. The summed E-state index contributed by atoms with van der Waals surface area (Å²) >= 11 is 0. The van der Waals surface area contributed by atoms with Gasteiger partial charge in [0.1, 0.15) is 0 Å². The van der Waals surface area contributed by atoms with Crippen molar-refractivity contribution in [3.8, 4) is 0 Å². The number of hydrogen-bond donors (Lipinski definition) is 0. The Hall–Kier alpha value is -1.42. The van der Waals surface area contributed by atoms with E-state index in [1.54, 1.807) is 0 Å². The summed E-state index contributed by atoms with van der Waals surface area (Å²) < 4.78 is 5.35. The lowest BCUT2D eigenvalue weighted by Gasteiger charge is -2.27. The second kappa shape index (κ2) is 6.50. The highest BCUT2D eigenvalue weighted by atomic mass is 16.5. The number of anilines is 1. The Balaban J connectivity index is 2.14. The molecule has 0 atom stereocenters. The fourth-order valence-electron chi connectivity index (χ4n) is 1.94. The molecule has 1 saturated heterocycles. The molecular formula is C14H21N3O. The number of rotatable bonds is 4. The maximum atomic E-state index is 5.35. The third-order valence-corrected chi connectivity index (χ3v) is 2.90. The van der Waals surface area contributed by atoms with Crippen molar-refractivity contribution in [1.29, 1.82) is 0 Å². The van der Waals surface area contributed by atoms with Crippen LogP contribution in [-0.2, 0) is 4.74 Å². The second-order valence-corrected chi connectivity index (χ2v) is 4.52. The molecule has 0 saturated carbocycles. The molecule has 1 fully saturated rings. The molecular weight excluding hydrogens is 226 g/mol. The smallest absolute Gasteiger partial charge is 0.226 e. The molecule has 0 bridgehead atoms. The predicted molar refractivity (Wildman–Crippen MR) is 73.7 cm³/mol. The minimum Gasteiger partial charge on any atom is -0.378 e. The van der Waals surface area contributed by atoms with Crippen molar-refractivity contribution in [2.45, 2.75) is 26.7 Å². The molecule has 1 aromatic rings. The predicted octanol–water partition coefficient (Wildman–Crippen LogP) is 2.43. The molecule has 0 radical (unpaired) electrons. The SMILES string of the molecule is CCCC=Cc1cc(C)nc(N2CCOCC2)n1. The number of hydrogen-bond acceptors (Lipinski definition) is 4. The fraction of sp³-hybridized carbons (Fsp3) is 0.571. The maximum absolute atomic E-state index is 5.35. The van der Waals surface area contributed by atoms with Crippen LogP contribution in [0.25, 0.3) is 6.08 Å². The molecule has 98 valence electrons. The molecule has 0 amide bonds. The Morgan fingerprint density at radius 1 is 1.33 bits per heavy atom. The van der Waals surface area contributed by atoms with Gasteiger partial charge in [-0.2, -0.15) is 0 Å². The van der Waals surface area contributed by atoms with Crippen molar-refractivity contribution in [2.24, 2.45) is 0 Å². The van der Waals surface area contributed by atoms with Crippen molar-refractivity contribution in [2.75, 3.05) is 31.2 Å². The summed E-state index contributed by atoms with van der Waals surface area (Å²) in [6.45, 7) is 7.47. The standard InChI is InChI=1S/C14H21N3O/c1-3-4-5-6-13-11-12(2)15-14(16-13)17-7-9-18-10-8-17/h5-6,11H,3-4,7-10H2,1-2H3. The Labute approximate surface area is 109 Å².